The molecular weight excluding hydrogens is 238 g/mol. The van der Waals surface area contributed by atoms with E-state index in [2.05, 4.69) is 15.5 Å². The Morgan fingerprint density at radius 1 is 1.11 bits per heavy atom. The molecule has 1 aliphatic heterocycles. The van der Waals surface area contributed by atoms with Crippen molar-refractivity contribution in [2.45, 2.75) is 25.2 Å². The number of nitrogens with one attached hydrogen (secondary N) is 1. The second-order valence-corrected chi connectivity index (χ2v) is 5.68. The Bertz CT molecular complexity index is 572. The molecule has 0 unspecified atom stereocenters. The van der Waals surface area contributed by atoms with E-state index in [1.165, 1.54) is 19.3 Å². The maximum atomic E-state index is 5.88. The predicted octanol–water partition coefficient (Wildman–Crippen LogP) is 2.59. The smallest absolute Gasteiger partial charge is 0.247 e. The maximum Gasteiger partial charge on any atom is 0.247 e. The second kappa shape index (κ2) is 4.17. The van der Waals surface area contributed by atoms with E-state index in [4.69, 9.17) is 4.42 Å². The predicted molar refractivity (Wildman–Crippen MR) is 71.6 cm³/mol. The van der Waals surface area contributed by atoms with Crippen LogP contribution in [0.25, 0.3) is 11.5 Å². The zero-order chi connectivity index (χ0) is 12.7. The summed E-state index contributed by atoms with van der Waals surface area (Å²) in [7, 11) is 0. The molecule has 2 heterocycles. The number of hydrogen-bond donors (Lipinski definition) is 1. The van der Waals surface area contributed by atoms with Crippen molar-refractivity contribution < 1.29 is 4.42 Å². The molecular formula is C15H17N3O. The van der Waals surface area contributed by atoms with Gasteiger partial charge in [-0.05, 0) is 49.9 Å². The Morgan fingerprint density at radius 3 is 2.68 bits per heavy atom. The van der Waals surface area contributed by atoms with E-state index in [-0.39, 0.29) is 0 Å². The van der Waals surface area contributed by atoms with E-state index in [1.54, 1.807) is 0 Å². The summed E-state index contributed by atoms with van der Waals surface area (Å²) < 4.78 is 5.88. The van der Waals surface area contributed by atoms with E-state index in [9.17, 15) is 0 Å². The van der Waals surface area contributed by atoms with E-state index in [0.29, 0.717) is 17.2 Å². The molecule has 1 aliphatic carbocycles. The minimum atomic E-state index is 0.450. The van der Waals surface area contributed by atoms with Gasteiger partial charge in [-0.25, -0.2) is 0 Å². The molecule has 2 aliphatic rings. The lowest BCUT2D eigenvalue weighted by molar-refractivity contribution is 0.328. The maximum absolute atomic E-state index is 5.88. The van der Waals surface area contributed by atoms with Crippen LogP contribution in [0.2, 0.25) is 0 Å². The van der Waals surface area contributed by atoms with Crippen LogP contribution in [0.15, 0.2) is 34.7 Å². The largest absolute Gasteiger partial charge is 0.420 e. The third-order valence-electron chi connectivity index (χ3n) is 4.55. The third-order valence-corrected chi connectivity index (χ3v) is 4.55. The van der Waals surface area contributed by atoms with Crippen LogP contribution in [0.3, 0.4) is 0 Å². The summed E-state index contributed by atoms with van der Waals surface area (Å²) in [5.41, 5.74) is 1.45. The molecule has 1 aromatic heterocycles. The first-order chi connectivity index (χ1) is 9.37. The molecule has 4 heteroatoms. The topological polar surface area (TPSA) is 51.0 Å². The first-order valence-electron chi connectivity index (χ1n) is 6.97. The highest BCUT2D eigenvalue weighted by Crippen LogP contribution is 2.63. The number of piperidine rings is 1. The molecule has 1 N–H and O–H groups in total. The summed E-state index contributed by atoms with van der Waals surface area (Å²) in [6.45, 7) is 2.24. The Hall–Kier alpha value is -1.68. The van der Waals surface area contributed by atoms with Crippen molar-refractivity contribution >= 4 is 0 Å². The van der Waals surface area contributed by atoms with E-state index in [1.807, 2.05) is 30.3 Å². The molecule has 2 aromatic rings. The Balaban J connectivity index is 1.57. The van der Waals surface area contributed by atoms with Crippen LogP contribution in [0, 0.1) is 5.41 Å². The fraction of sp³-hybridized carbons (Fsp3) is 0.467. The summed E-state index contributed by atoms with van der Waals surface area (Å²) in [5, 5.41) is 11.9. The van der Waals surface area contributed by atoms with Gasteiger partial charge in [0, 0.05) is 11.5 Å². The molecule has 1 saturated heterocycles. The second-order valence-electron chi connectivity index (χ2n) is 5.68. The summed E-state index contributed by atoms with van der Waals surface area (Å²) >= 11 is 0. The third kappa shape index (κ3) is 1.87. The van der Waals surface area contributed by atoms with Crippen molar-refractivity contribution in [1.29, 1.82) is 0 Å². The van der Waals surface area contributed by atoms with Crippen LogP contribution in [0.4, 0.5) is 0 Å². The van der Waals surface area contributed by atoms with Crippen molar-refractivity contribution in [2.75, 3.05) is 13.1 Å². The van der Waals surface area contributed by atoms with Gasteiger partial charge in [0.15, 0.2) is 0 Å². The van der Waals surface area contributed by atoms with Crippen LogP contribution in [-0.4, -0.2) is 23.3 Å². The normalized spacial score (nSPS) is 24.5. The van der Waals surface area contributed by atoms with Crippen LogP contribution in [0.5, 0.6) is 0 Å². The number of benzene rings is 1. The van der Waals surface area contributed by atoms with Gasteiger partial charge < -0.3 is 9.73 Å². The van der Waals surface area contributed by atoms with Crippen molar-refractivity contribution in [3.05, 3.63) is 36.2 Å². The zero-order valence-corrected chi connectivity index (χ0v) is 10.8. The van der Waals surface area contributed by atoms with E-state index >= 15 is 0 Å². The van der Waals surface area contributed by atoms with Crippen molar-refractivity contribution in [2.24, 2.45) is 5.41 Å². The van der Waals surface area contributed by atoms with Gasteiger partial charge in [0.05, 0.1) is 0 Å². The van der Waals surface area contributed by atoms with Gasteiger partial charge in [-0.15, -0.1) is 10.2 Å². The molecule has 0 bridgehead atoms. The summed E-state index contributed by atoms with van der Waals surface area (Å²) in [5.74, 6) is 1.96. The Labute approximate surface area is 112 Å². The van der Waals surface area contributed by atoms with Crippen molar-refractivity contribution in [1.82, 2.24) is 15.5 Å². The molecule has 1 spiro atoms. The molecule has 1 aromatic carbocycles. The van der Waals surface area contributed by atoms with Crippen molar-refractivity contribution in [3.8, 4) is 11.5 Å². The first-order valence-corrected chi connectivity index (χ1v) is 6.97. The lowest BCUT2D eigenvalue weighted by Gasteiger charge is -2.22. The summed E-state index contributed by atoms with van der Waals surface area (Å²) in [6.07, 6.45) is 3.69. The Morgan fingerprint density at radius 2 is 1.89 bits per heavy atom. The molecule has 19 heavy (non-hydrogen) atoms. The van der Waals surface area contributed by atoms with Crippen molar-refractivity contribution in [3.63, 3.8) is 0 Å². The lowest BCUT2D eigenvalue weighted by atomic mass is 9.92. The molecule has 2 fully saturated rings. The van der Waals surface area contributed by atoms with Gasteiger partial charge in [0.25, 0.3) is 0 Å². The standard InChI is InChI=1S/C15H17N3O/c1-2-4-11(5-3-1)13-17-18-14(19-13)12-10-15(12)6-8-16-9-7-15/h1-5,12,16H,6-10H2/t12-/m0/s1. The fourth-order valence-electron chi connectivity index (χ4n) is 3.25. The SMILES string of the molecule is c1ccc(-c2nnc([C@@H]3CC34CCNCC4)o2)cc1. The van der Waals surface area contributed by atoms with Gasteiger partial charge in [-0.3, -0.25) is 0 Å². The first kappa shape index (κ1) is 11.2. The minimum Gasteiger partial charge on any atom is -0.420 e. The van der Waals surface area contributed by atoms with Gasteiger partial charge in [-0.1, -0.05) is 18.2 Å². The van der Waals surface area contributed by atoms with E-state index < -0.39 is 0 Å². The molecule has 0 amide bonds. The lowest BCUT2D eigenvalue weighted by Crippen LogP contribution is -2.29. The monoisotopic (exact) mass is 255 g/mol. The van der Waals surface area contributed by atoms with Gasteiger partial charge in [-0.2, -0.15) is 0 Å². The molecule has 1 atom stereocenters. The molecule has 0 radical (unpaired) electrons. The van der Waals surface area contributed by atoms with Crippen LogP contribution in [0.1, 0.15) is 31.1 Å². The number of aromatic nitrogens is 2. The highest BCUT2D eigenvalue weighted by atomic mass is 16.4. The number of hydrogen-bond acceptors (Lipinski definition) is 4. The van der Waals surface area contributed by atoms with Gasteiger partial charge >= 0.3 is 0 Å². The number of nitrogens with zero attached hydrogens (tertiary/aromatic N) is 2. The van der Waals surface area contributed by atoms with Gasteiger partial charge in [0.2, 0.25) is 11.8 Å². The van der Waals surface area contributed by atoms with Crippen LogP contribution in [-0.2, 0) is 0 Å². The van der Waals surface area contributed by atoms with Gasteiger partial charge in [0.1, 0.15) is 0 Å². The zero-order valence-electron chi connectivity index (χ0n) is 10.8. The molecule has 4 rings (SSSR count). The Kier molecular flexibility index (Phi) is 2.45. The molecule has 98 valence electrons. The highest BCUT2D eigenvalue weighted by Gasteiger charge is 2.57. The van der Waals surface area contributed by atoms with Crippen LogP contribution < -0.4 is 5.32 Å². The summed E-state index contributed by atoms with van der Waals surface area (Å²) in [4.78, 5) is 0. The molecule has 1 saturated carbocycles. The average Bonchev–Trinajstić information content (AvgIpc) is 2.96. The number of rotatable bonds is 2. The minimum absolute atomic E-state index is 0.450. The molecule has 4 nitrogen and oxygen atoms in total. The fourth-order valence-corrected chi connectivity index (χ4v) is 3.25. The highest BCUT2D eigenvalue weighted by molar-refractivity contribution is 5.51. The quantitative estimate of drug-likeness (QED) is 0.896. The van der Waals surface area contributed by atoms with E-state index in [0.717, 1.165) is 24.5 Å². The summed E-state index contributed by atoms with van der Waals surface area (Å²) in [6, 6.07) is 9.98. The average molecular weight is 255 g/mol. The van der Waals surface area contributed by atoms with Crippen LogP contribution >= 0.6 is 0 Å².